The Morgan fingerprint density at radius 2 is 1.64 bits per heavy atom. The maximum absolute atomic E-state index is 12.9. The Kier molecular flexibility index (Phi) is 5.52. The van der Waals surface area contributed by atoms with Crippen LogP contribution in [-0.4, -0.2) is 64.8 Å². The number of aromatic nitrogens is 3. The van der Waals surface area contributed by atoms with Gasteiger partial charge in [0.2, 0.25) is 11.9 Å². The van der Waals surface area contributed by atoms with E-state index in [9.17, 15) is 4.79 Å². The molecule has 7 heteroatoms. The molecule has 3 heterocycles. The van der Waals surface area contributed by atoms with Gasteiger partial charge in [0.1, 0.15) is 0 Å². The van der Waals surface area contributed by atoms with Crippen molar-refractivity contribution in [3.8, 4) is 0 Å². The summed E-state index contributed by atoms with van der Waals surface area (Å²) in [5.74, 6) is 0.940. The summed E-state index contributed by atoms with van der Waals surface area (Å²) in [6.07, 6.45) is 2.62. The average molecular weight is 380 g/mol. The van der Waals surface area contributed by atoms with Crippen LogP contribution in [0.25, 0.3) is 0 Å². The summed E-state index contributed by atoms with van der Waals surface area (Å²) in [6.45, 7) is 8.32. The minimum atomic E-state index is -0.0185. The van der Waals surface area contributed by atoms with Gasteiger partial charge in [-0.3, -0.25) is 9.69 Å². The summed E-state index contributed by atoms with van der Waals surface area (Å²) in [6, 6.07) is 9.94. The number of aryl methyl sites for hydroxylation is 2. The molecule has 148 valence electrons. The molecule has 1 aromatic carbocycles. The number of hydrogen-bond donors (Lipinski definition) is 0. The Labute approximate surface area is 166 Å². The first-order valence-corrected chi connectivity index (χ1v) is 10.3. The Bertz CT molecular complexity index is 819. The molecule has 2 fully saturated rings. The van der Waals surface area contributed by atoms with Crippen molar-refractivity contribution in [2.75, 3.05) is 42.5 Å². The van der Waals surface area contributed by atoms with Crippen molar-refractivity contribution in [3.05, 3.63) is 41.7 Å². The van der Waals surface area contributed by atoms with Gasteiger partial charge in [-0.25, -0.2) is 4.98 Å². The minimum absolute atomic E-state index is 0.0185. The van der Waals surface area contributed by atoms with E-state index < -0.39 is 0 Å². The molecule has 7 nitrogen and oxygen atoms in total. The fraction of sp³-hybridized carbons (Fsp3) is 0.524. The Hall–Kier alpha value is -2.54. The first-order valence-electron chi connectivity index (χ1n) is 10.3. The molecule has 2 aliphatic rings. The molecule has 0 N–H and O–H groups in total. The average Bonchev–Trinajstić information content (AvgIpc) is 3.15. The van der Waals surface area contributed by atoms with Crippen molar-refractivity contribution in [2.24, 2.45) is 0 Å². The van der Waals surface area contributed by atoms with Gasteiger partial charge >= 0.3 is 0 Å². The van der Waals surface area contributed by atoms with Crippen LogP contribution >= 0.6 is 0 Å². The largest absolute Gasteiger partial charge is 0.337 e. The number of hydrogen-bond acceptors (Lipinski definition) is 6. The van der Waals surface area contributed by atoms with Gasteiger partial charge in [0.05, 0.1) is 17.4 Å². The Morgan fingerprint density at radius 1 is 0.929 bits per heavy atom. The predicted molar refractivity (Wildman–Crippen MR) is 110 cm³/mol. The third-order valence-electron chi connectivity index (χ3n) is 5.78. The molecule has 28 heavy (non-hydrogen) atoms. The normalized spacial score (nSPS) is 20.8. The highest BCUT2D eigenvalue weighted by Crippen LogP contribution is 2.25. The van der Waals surface area contributed by atoms with Crippen LogP contribution in [0.4, 0.5) is 11.6 Å². The molecule has 0 bridgehead atoms. The monoisotopic (exact) mass is 380 g/mol. The lowest BCUT2D eigenvalue weighted by atomic mass is 10.2. The van der Waals surface area contributed by atoms with Crippen LogP contribution in [0.5, 0.6) is 0 Å². The van der Waals surface area contributed by atoms with E-state index >= 15 is 0 Å². The number of rotatable bonds is 5. The summed E-state index contributed by atoms with van der Waals surface area (Å²) >= 11 is 0. The third-order valence-corrected chi connectivity index (χ3v) is 5.78. The van der Waals surface area contributed by atoms with Crippen LogP contribution in [0.3, 0.4) is 0 Å². The van der Waals surface area contributed by atoms with Crippen molar-refractivity contribution in [3.63, 3.8) is 0 Å². The molecular weight excluding hydrogens is 352 g/mol. The summed E-state index contributed by atoms with van der Waals surface area (Å²) < 4.78 is 0. The van der Waals surface area contributed by atoms with Crippen molar-refractivity contribution in [1.29, 1.82) is 0 Å². The van der Waals surface area contributed by atoms with Gasteiger partial charge in [-0.2, -0.15) is 5.10 Å². The molecular formula is C21H28N6O. The molecule has 4 rings (SSSR count). The number of benzene rings is 1. The molecule has 1 amide bonds. The Balaban J connectivity index is 1.39. The Morgan fingerprint density at radius 3 is 2.32 bits per heavy atom. The molecule has 0 radical (unpaired) electrons. The second-order valence-corrected chi connectivity index (χ2v) is 7.37. The van der Waals surface area contributed by atoms with Gasteiger partial charge in [-0.15, -0.1) is 5.10 Å². The van der Waals surface area contributed by atoms with Crippen molar-refractivity contribution in [1.82, 2.24) is 20.1 Å². The maximum Gasteiger partial charge on any atom is 0.245 e. The van der Waals surface area contributed by atoms with E-state index in [2.05, 4.69) is 33.8 Å². The zero-order valence-electron chi connectivity index (χ0n) is 16.7. The van der Waals surface area contributed by atoms with Crippen molar-refractivity contribution >= 4 is 17.5 Å². The maximum atomic E-state index is 12.9. The number of amides is 1. The summed E-state index contributed by atoms with van der Waals surface area (Å²) in [7, 11) is 0. The van der Waals surface area contributed by atoms with Crippen molar-refractivity contribution in [2.45, 2.75) is 39.2 Å². The third kappa shape index (κ3) is 3.58. The minimum Gasteiger partial charge on any atom is -0.337 e. The van der Waals surface area contributed by atoms with Crippen LogP contribution in [0, 0.1) is 0 Å². The lowest BCUT2D eigenvalue weighted by molar-refractivity contribution is -0.121. The number of anilines is 2. The van der Waals surface area contributed by atoms with Crippen LogP contribution in [-0.2, 0) is 17.6 Å². The number of carbonyl (C=O) groups excluding carboxylic acids is 1. The molecule has 1 unspecified atom stereocenters. The smallest absolute Gasteiger partial charge is 0.245 e. The highest BCUT2D eigenvalue weighted by Gasteiger charge is 2.38. The zero-order valence-corrected chi connectivity index (χ0v) is 16.7. The molecule has 1 aromatic heterocycles. The lowest BCUT2D eigenvalue weighted by Gasteiger charge is -2.37. The number of nitrogens with zero attached hydrogens (tertiary/aromatic N) is 6. The first-order chi connectivity index (χ1) is 13.7. The van der Waals surface area contributed by atoms with E-state index in [-0.39, 0.29) is 11.9 Å². The fourth-order valence-electron chi connectivity index (χ4n) is 4.16. The van der Waals surface area contributed by atoms with Gasteiger partial charge < -0.3 is 9.80 Å². The predicted octanol–water partition coefficient (Wildman–Crippen LogP) is 1.92. The zero-order chi connectivity index (χ0) is 19.5. The van der Waals surface area contributed by atoms with Crippen LogP contribution in [0.15, 0.2) is 30.3 Å². The molecule has 1 atom stereocenters. The second-order valence-electron chi connectivity index (χ2n) is 7.37. The van der Waals surface area contributed by atoms with E-state index in [1.807, 2.05) is 35.2 Å². The molecule has 2 aromatic rings. The summed E-state index contributed by atoms with van der Waals surface area (Å²) in [4.78, 5) is 24.1. The second kappa shape index (κ2) is 8.22. The van der Waals surface area contributed by atoms with E-state index in [4.69, 9.17) is 4.98 Å². The van der Waals surface area contributed by atoms with Crippen molar-refractivity contribution < 1.29 is 4.79 Å². The van der Waals surface area contributed by atoms with E-state index in [1.54, 1.807) is 0 Å². The van der Waals surface area contributed by atoms with Crippen LogP contribution in [0.2, 0.25) is 0 Å². The topological polar surface area (TPSA) is 65.5 Å². The molecule has 0 spiro atoms. The van der Waals surface area contributed by atoms with Gasteiger partial charge in [0.25, 0.3) is 0 Å². The van der Waals surface area contributed by atoms with Gasteiger partial charge in [-0.1, -0.05) is 32.0 Å². The van der Waals surface area contributed by atoms with Crippen LogP contribution < -0.4 is 9.80 Å². The number of para-hydroxylation sites is 1. The van der Waals surface area contributed by atoms with E-state index in [0.717, 1.165) is 75.0 Å². The van der Waals surface area contributed by atoms with Gasteiger partial charge in [0, 0.05) is 38.4 Å². The molecule has 0 aliphatic carbocycles. The molecule has 2 saturated heterocycles. The lowest BCUT2D eigenvalue weighted by Crippen LogP contribution is -2.53. The van der Waals surface area contributed by atoms with Gasteiger partial charge in [0.15, 0.2) is 0 Å². The van der Waals surface area contributed by atoms with E-state index in [0.29, 0.717) is 0 Å². The molecule has 2 aliphatic heterocycles. The molecule has 0 saturated carbocycles. The quantitative estimate of drug-likeness (QED) is 0.790. The standard InChI is InChI=1S/C21H28N6O/c1-3-17-18(4-2)23-24-21(22-17)26-14-12-25(13-15-26)19-10-11-27(20(19)28)16-8-6-5-7-9-16/h5-9,19H,3-4,10-15H2,1-2H3. The number of carbonyl (C=O) groups is 1. The van der Waals surface area contributed by atoms with E-state index in [1.165, 1.54) is 0 Å². The highest BCUT2D eigenvalue weighted by atomic mass is 16.2. The summed E-state index contributed by atoms with van der Waals surface area (Å²) in [5, 5.41) is 8.71. The SMILES string of the molecule is CCc1nnc(N2CCN(C3CCN(c4ccccc4)C3=O)CC2)nc1CC. The fourth-order valence-corrected chi connectivity index (χ4v) is 4.16. The summed E-state index contributed by atoms with van der Waals surface area (Å²) in [5.41, 5.74) is 3.03. The first kappa shape index (κ1) is 18.8. The van der Waals surface area contributed by atoms with Crippen LogP contribution in [0.1, 0.15) is 31.7 Å². The highest BCUT2D eigenvalue weighted by molar-refractivity contribution is 5.99. The number of piperazine rings is 1. The van der Waals surface area contributed by atoms with Gasteiger partial charge in [-0.05, 0) is 31.4 Å².